The number of para-hydroxylation sites is 1. The van der Waals surface area contributed by atoms with E-state index in [0.717, 1.165) is 34.5 Å². The summed E-state index contributed by atoms with van der Waals surface area (Å²) in [5.41, 5.74) is 2.84. The van der Waals surface area contributed by atoms with Gasteiger partial charge in [-0.2, -0.15) is 0 Å². The molecule has 3 heterocycles. The number of carbonyl (C=O) groups is 1. The molecule has 0 unspecified atom stereocenters. The largest absolute Gasteiger partial charge is 0.495 e. The molecular formula is C24H24N6O3. The highest BCUT2D eigenvalue weighted by molar-refractivity contribution is 5.91. The van der Waals surface area contributed by atoms with Gasteiger partial charge in [0.1, 0.15) is 23.6 Å². The molecule has 0 atom stereocenters. The lowest BCUT2D eigenvalue weighted by Gasteiger charge is -2.37. The molecule has 2 aliphatic heterocycles. The number of nitrogens with zero attached hydrogens (tertiary/aromatic N) is 5. The van der Waals surface area contributed by atoms with Gasteiger partial charge in [0.05, 0.1) is 18.4 Å². The molecule has 0 saturated carbocycles. The van der Waals surface area contributed by atoms with Crippen molar-refractivity contribution in [2.24, 2.45) is 0 Å². The van der Waals surface area contributed by atoms with Gasteiger partial charge >= 0.3 is 5.97 Å². The second-order valence-corrected chi connectivity index (χ2v) is 7.80. The van der Waals surface area contributed by atoms with E-state index in [1.807, 2.05) is 35.2 Å². The number of ether oxygens (including phenoxy) is 1. The molecular weight excluding hydrogens is 420 g/mol. The van der Waals surface area contributed by atoms with Gasteiger partial charge < -0.3 is 25.0 Å². The molecule has 1 fully saturated rings. The zero-order chi connectivity index (χ0) is 22.9. The van der Waals surface area contributed by atoms with Crippen LogP contribution in [0.4, 0.5) is 28.7 Å². The summed E-state index contributed by atoms with van der Waals surface area (Å²) in [6, 6.07) is 14.9. The molecule has 2 aliphatic rings. The van der Waals surface area contributed by atoms with E-state index in [-0.39, 0.29) is 5.56 Å². The Morgan fingerprint density at radius 3 is 2.42 bits per heavy atom. The third-order valence-corrected chi connectivity index (χ3v) is 5.92. The van der Waals surface area contributed by atoms with Crippen LogP contribution in [0.5, 0.6) is 5.75 Å². The molecule has 2 N–H and O–H groups in total. The van der Waals surface area contributed by atoms with Crippen molar-refractivity contribution in [3.05, 3.63) is 72.8 Å². The van der Waals surface area contributed by atoms with Gasteiger partial charge in [0, 0.05) is 31.9 Å². The van der Waals surface area contributed by atoms with Crippen LogP contribution >= 0.6 is 0 Å². The summed E-state index contributed by atoms with van der Waals surface area (Å²) in [5, 5.41) is 12.7. The third kappa shape index (κ3) is 3.67. The number of carboxylic acid groups (broad SMARTS) is 1. The maximum Gasteiger partial charge on any atom is 0.335 e. The zero-order valence-corrected chi connectivity index (χ0v) is 18.2. The first-order valence-electron chi connectivity index (χ1n) is 10.6. The van der Waals surface area contributed by atoms with Gasteiger partial charge in [-0.15, -0.1) is 0 Å². The summed E-state index contributed by atoms with van der Waals surface area (Å²) in [5.74, 6) is 2.03. The predicted molar refractivity (Wildman–Crippen MR) is 128 cm³/mol. The van der Waals surface area contributed by atoms with Crippen molar-refractivity contribution in [1.82, 2.24) is 9.97 Å². The van der Waals surface area contributed by atoms with Gasteiger partial charge in [-0.25, -0.2) is 14.8 Å². The van der Waals surface area contributed by atoms with E-state index in [9.17, 15) is 9.90 Å². The summed E-state index contributed by atoms with van der Waals surface area (Å²) in [7, 11) is 1.59. The fourth-order valence-corrected chi connectivity index (χ4v) is 4.30. The molecule has 1 aromatic heterocycles. The van der Waals surface area contributed by atoms with Gasteiger partial charge in [-0.05, 0) is 30.3 Å². The van der Waals surface area contributed by atoms with Crippen molar-refractivity contribution >= 4 is 34.7 Å². The lowest BCUT2D eigenvalue weighted by atomic mass is 10.1. The molecule has 33 heavy (non-hydrogen) atoms. The van der Waals surface area contributed by atoms with Crippen molar-refractivity contribution in [3.63, 3.8) is 0 Å². The average molecular weight is 444 g/mol. The van der Waals surface area contributed by atoms with Gasteiger partial charge in [0.25, 0.3) is 0 Å². The van der Waals surface area contributed by atoms with E-state index >= 15 is 0 Å². The second kappa shape index (κ2) is 8.34. The van der Waals surface area contributed by atoms with Crippen molar-refractivity contribution in [2.75, 3.05) is 53.3 Å². The standard InChI is InChI=1S/C24H24N6O3/c1-16-27-21-22(25-15-26-23(21)30(16)18-6-4-3-5-7-18)29-12-10-28(11-13-29)19-14-17(24(31)32)8-9-20(19)33-2/h3-9,14-15,27H,1,10-13H2,2H3,(H,31,32). The average Bonchev–Trinajstić information content (AvgIpc) is 3.20. The Balaban J connectivity index is 1.38. The highest BCUT2D eigenvalue weighted by atomic mass is 16.5. The first-order chi connectivity index (χ1) is 16.1. The van der Waals surface area contributed by atoms with E-state index in [0.29, 0.717) is 31.9 Å². The molecule has 9 nitrogen and oxygen atoms in total. The number of hydrogen-bond acceptors (Lipinski definition) is 8. The molecule has 0 amide bonds. The van der Waals surface area contributed by atoms with Crippen LogP contribution in [0.3, 0.4) is 0 Å². The molecule has 3 aromatic rings. The number of methoxy groups -OCH3 is 1. The van der Waals surface area contributed by atoms with Crippen molar-refractivity contribution in [3.8, 4) is 5.75 Å². The van der Waals surface area contributed by atoms with Gasteiger partial charge in [0.2, 0.25) is 0 Å². The van der Waals surface area contributed by atoms with Crippen LogP contribution in [-0.2, 0) is 0 Å². The molecule has 9 heteroatoms. The summed E-state index contributed by atoms with van der Waals surface area (Å²) >= 11 is 0. The Hall–Kier alpha value is -4.27. The highest BCUT2D eigenvalue weighted by Gasteiger charge is 2.31. The minimum Gasteiger partial charge on any atom is -0.495 e. The molecule has 2 aromatic carbocycles. The first-order valence-corrected chi connectivity index (χ1v) is 10.6. The number of benzene rings is 2. The molecule has 1 saturated heterocycles. The number of rotatable bonds is 5. The van der Waals surface area contributed by atoms with Crippen molar-refractivity contribution < 1.29 is 14.6 Å². The van der Waals surface area contributed by atoms with Gasteiger partial charge in [-0.1, -0.05) is 24.8 Å². The number of hydrogen-bond donors (Lipinski definition) is 2. The fourth-order valence-electron chi connectivity index (χ4n) is 4.30. The topological polar surface area (TPSA) is 94.1 Å². The smallest absolute Gasteiger partial charge is 0.335 e. The Morgan fingerprint density at radius 1 is 1.03 bits per heavy atom. The second-order valence-electron chi connectivity index (χ2n) is 7.80. The monoisotopic (exact) mass is 444 g/mol. The number of piperazine rings is 1. The molecule has 5 rings (SSSR count). The van der Waals surface area contributed by atoms with Gasteiger partial charge in [-0.3, -0.25) is 4.90 Å². The van der Waals surface area contributed by atoms with E-state index in [1.54, 1.807) is 31.6 Å². The summed E-state index contributed by atoms with van der Waals surface area (Å²) in [4.78, 5) is 26.9. The lowest BCUT2D eigenvalue weighted by molar-refractivity contribution is 0.0697. The normalized spacial score (nSPS) is 15.3. The molecule has 168 valence electrons. The first kappa shape index (κ1) is 20.6. The number of aromatic carboxylic acids is 1. The SMILES string of the molecule is C=C1Nc2c(N3CCN(c4cc(C(=O)O)ccc4OC)CC3)ncnc2N1c1ccccc1. The number of nitrogens with one attached hydrogen (secondary N) is 1. The predicted octanol–water partition coefficient (Wildman–Crippen LogP) is 3.54. The Morgan fingerprint density at radius 2 is 1.73 bits per heavy atom. The van der Waals surface area contributed by atoms with Crippen LogP contribution in [0.2, 0.25) is 0 Å². The Labute approximate surface area is 191 Å². The lowest BCUT2D eigenvalue weighted by Crippen LogP contribution is -2.47. The zero-order valence-electron chi connectivity index (χ0n) is 18.2. The Kier molecular flexibility index (Phi) is 5.21. The van der Waals surface area contributed by atoms with Crippen LogP contribution in [0.15, 0.2) is 67.3 Å². The van der Waals surface area contributed by atoms with Crippen LogP contribution in [-0.4, -0.2) is 54.3 Å². The maximum absolute atomic E-state index is 11.4. The van der Waals surface area contributed by atoms with E-state index in [1.165, 1.54) is 0 Å². The molecule has 0 radical (unpaired) electrons. The summed E-state index contributed by atoms with van der Waals surface area (Å²) in [6.07, 6.45) is 1.58. The van der Waals surface area contributed by atoms with Crippen molar-refractivity contribution in [2.45, 2.75) is 0 Å². The molecule has 0 aliphatic carbocycles. The van der Waals surface area contributed by atoms with E-state index in [2.05, 4.69) is 31.7 Å². The van der Waals surface area contributed by atoms with Crippen LogP contribution in [0.25, 0.3) is 0 Å². The van der Waals surface area contributed by atoms with E-state index < -0.39 is 5.97 Å². The quantitative estimate of drug-likeness (QED) is 0.613. The number of anilines is 5. The number of carboxylic acids is 1. The van der Waals surface area contributed by atoms with E-state index in [4.69, 9.17) is 4.74 Å². The van der Waals surface area contributed by atoms with Crippen LogP contribution in [0.1, 0.15) is 10.4 Å². The molecule has 0 bridgehead atoms. The minimum atomic E-state index is -0.955. The fraction of sp³-hybridized carbons (Fsp3) is 0.208. The summed E-state index contributed by atoms with van der Waals surface area (Å²) in [6.45, 7) is 6.98. The Bertz CT molecular complexity index is 1210. The maximum atomic E-state index is 11.4. The molecule has 0 spiro atoms. The van der Waals surface area contributed by atoms with Crippen molar-refractivity contribution in [1.29, 1.82) is 0 Å². The van der Waals surface area contributed by atoms with Crippen LogP contribution < -0.4 is 24.8 Å². The number of aromatic nitrogens is 2. The third-order valence-electron chi connectivity index (χ3n) is 5.92. The van der Waals surface area contributed by atoms with Gasteiger partial charge in [0.15, 0.2) is 11.6 Å². The summed E-state index contributed by atoms with van der Waals surface area (Å²) < 4.78 is 5.48. The minimum absolute atomic E-state index is 0.241. The number of fused-ring (bicyclic) bond motifs is 1. The highest BCUT2D eigenvalue weighted by Crippen LogP contribution is 2.44. The van der Waals surface area contributed by atoms with Crippen LogP contribution in [0, 0.1) is 0 Å².